The fourth-order valence-corrected chi connectivity index (χ4v) is 3.15. The minimum Gasteiger partial charge on any atom is -0.334 e. The van der Waals surface area contributed by atoms with E-state index in [9.17, 15) is 9.59 Å². The second-order valence-corrected chi connectivity index (χ2v) is 6.39. The Kier molecular flexibility index (Phi) is 5.03. The standard InChI is InChI=1S/C20H23N3O2/c1-14-12-15(2)22-19(24)18(14)13-21-20(25)23-10-8-17(9-11-23)16-6-4-3-5-7-16/h3-8,12H,9-11,13H2,1-2H3,(H,21,25)(H,22,24). The highest BCUT2D eigenvalue weighted by atomic mass is 16.2. The number of H-pyrrole nitrogens is 1. The van der Waals surface area contributed by atoms with Gasteiger partial charge in [-0.1, -0.05) is 36.4 Å². The molecule has 3 rings (SSSR count). The first-order valence-corrected chi connectivity index (χ1v) is 8.51. The van der Waals surface area contributed by atoms with Gasteiger partial charge in [0, 0.05) is 24.3 Å². The Hall–Kier alpha value is -2.82. The van der Waals surface area contributed by atoms with E-state index in [1.807, 2.05) is 38.1 Å². The number of hydrogen-bond donors (Lipinski definition) is 2. The van der Waals surface area contributed by atoms with Crippen molar-refractivity contribution in [2.45, 2.75) is 26.8 Å². The highest BCUT2D eigenvalue weighted by molar-refractivity contribution is 5.76. The third-order valence-corrected chi connectivity index (χ3v) is 4.55. The van der Waals surface area contributed by atoms with Gasteiger partial charge in [0.1, 0.15) is 0 Å². The third-order valence-electron chi connectivity index (χ3n) is 4.55. The summed E-state index contributed by atoms with van der Waals surface area (Å²) in [6.45, 7) is 5.24. The summed E-state index contributed by atoms with van der Waals surface area (Å²) in [4.78, 5) is 28.9. The molecule has 0 radical (unpaired) electrons. The molecule has 1 aliphatic heterocycles. The molecule has 2 heterocycles. The summed E-state index contributed by atoms with van der Waals surface area (Å²) in [6.07, 6.45) is 2.93. The van der Waals surface area contributed by atoms with Crippen LogP contribution in [0, 0.1) is 13.8 Å². The van der Waals surface area contributed by atoms with Gasteiger partial charge in [0.05, 0.1) is 6.54 Å². The first-order chi connectivity index (χ1) is 12.0. The predicted molar refractivity (Wildman–Crippen MR) is 99.4 cm³/mol. The second kappa shape index (κ2) is 7.38. The van der Waals surface area contributed by atoms with E-state index in [4.69, 9.17) is 0 Å². The van der Waals surface area contributed by atoms with Crippen LogP contribution in [0.1, 0.15) is 28.8 Å². The Balaban J connectivity index is 1.60. The maximum atomic E-state index is 12.4. The van der Waals surface area contributed by atoms with Crippen LogP contribution in [0.15, 0.2) is 47.3 Å². The maximum Gasteiger partial charge on any atom is 0.317 e. The van der Waals surface area contributed by atoms with Crippen molar-refractivity contribution in [2.24, 2.45) is 0 Å². The molecule has 2 aromatic rings. The van der Waals surface area contributed by atoms with Crippen molar-refractivity contribution in [3.63, 3.8) is 0 Å². The van der Waals surface area contributed by atoms with Crippen LogP contribution in [0.25, 0.3) is 5.57 Å². The SMILES string of the molecule is Cc1cc(C)c(CNC(=O)N2CC=C(c3ccccc3)CC2)c(=O)[nH]1. The molecule has 0 atom stereocenters. The van der Waals surface area contributed by atoms with E-state index < -0.39 is 0 Å². The van der Waals surface area contributed by atoms with E-state index >= 15 is 0 Å². The number of nitrogens with one attached hydrogen (secondary N) is 2. The Morgan fingerprint density at radius 2 is 2.00 bits per heavy atom. The van der Waals surface area contributed by atoms with Gasteiger partial charge in [-0.05, 0) is 43.0 Å². The summed E-state index contributed by atoms with van der Waals surface area (Å²) >= 11 is 0. The molecule has 0 saturated carbocycles. The fraction of sp³-hybridized carbons (Fsp3) is 0.300. The van der Waals surface area contributed by atoms with Gasteiger partial charge >= 0.3 is 6.03 Å². The first-order valence-electron chi connectivity index (χ1n) is 8.51. The highest BCUT2D eigenvalue weighted by Crippen LogP contribution is 2.21. The number of rotatable bonds is 3. The van der Waals surface area contributed by atoms with Crippen molar-refractivity contribution in [2.75, 3.05) is 13.1 Å². The molecule has 0 aliphatic carbocycles. The number of aromatic nitrogens is 1. The minimum absolute atomic E-state index is 0.136. The summed E-state index contributed by atoms with van der Waals surface area (Å²) in [7, 11) is 0. The average Bonchev–Trinajstić information content (AvgIpc) is 2.61. The lowest BCUT2D eigenvalue weighted by atomic mass is 10.00. The smallest absolute Gasteiger partial charge is 0.317 e. The number of amides is 2. The molecule has 0 unspecified atom stereocenters. The van der Waals surface area contributed by atoms with Crippen LogP contribution in [-0.2, 0) is 6.54 Å². The molecular weight excluding hydrogens is 314 g/mol. The molecule has 2 amide bonds. The molecule has 25 heavy (non-hydrogen) atoms. The molecule has 0 saturated heterocycles. The minimum atomic E-state index is -0.136. The zero-order valence-corrected chi connectivity index (χ0v) is 14.6. The van der Waals surface area contributed by atoms with Gasteiger partial charge in [-0.25, -0.2) is 4.79 Å². The molecule has 5 nitrogen and oxygen atoms in total. The molecule has 0 spiro atoms. The van der Waals surface area contributed by atoms with E-state index in [0.717, 1.165) is 17.7 Å². The van der Waals surface area contributed by atoms with E-state index in [1.54, 1.807) is 4.90 Å². The first kappa shape index (κ1) is 17.0. The number of urea groups is 1. The Morgan fingerprint density at radius 1 is 1.24 bits per heavy atom. The molecule has 1 aliphatic rings. The van der Waals surface area contributed by atoms with Crippen LogP contribution < -0.4 is 10.9 Å². The fourth-order valence-electron chi connectivity index (χ4n) is 3.15. The second-order valence-electron chi connectivity index (χ2n) is 6.39. The zero-order chi connectivity index (χ0) is 17.8. The van der Waals surface area contributed by atoms with Gasteiger partial charge in [0.2, 0.25) is 0 Å². The quantitative estimate of drug-likeness (QED) is 0.904. The van der Waals surface area contributed by atoms with E-state index in [1.165, 1.54) is 11.1 Å². The summed E-state index contributed by atoms with van der Waals surface area (Å²) in [6, 6.07) is 12.0. The number of carbonyl (C=O) groups is 1. The number of aryl methyl sites for hydroxylation is 2. The van der Waals surface area contributed by atoms with Gasteiger partial charge in [0.15, 0.2) is 0 Å². The van der Waals surface area contributed by atoms with Gasteiger partial charge in [-0.2, -0.15) is 0 Å². The largest absolute Gasteiger partial charge is 0.334 e. The molecule has 130 valence electrons. The summed E-state index contributed by atoms with van der Waals surface area (Å²) in [5, 5.41) is 2.86. The highest BCUT2D eigenvalue weighted by Gasteiger charge is 2.18. The van der Waals surface area contributed by atoms with Crippen LogP contribution in [0.2, 0.25) is 0 Å². The van der Waals surface area contributed by atoms with Crippen LogP contribution in [0.4, 0.5) is 4.79 Å². The van der Waals surface area contributed by atoms with Gasteiger partial charge in [0.25, 0.3) is 5.56 Å². The number of aromatic amines is 1. The Bertz CT molecular complexity index is 853. The lowest BCUT2D eigenvalue weighted by molar-refractivity contribution is 0.202. The Morgan fingerprint density at radius 3 is 2.64 bits per heavy atom. The zero-order valence-electron chi connectivity index (χ0n) is 14.6. The molecule has 2 N–H and O–H groups in total. The van der Waals surface area contributed by atoms with Crippen LogP contribution in [0.5, 0.6) is 0 Å². The Labute approximate surface area is 147 Å². The topological polar surface area (TPSA) is 65.2 Å². The van der Waals surface area contributed by atoms with Gasteiger partial charge < -0.3 is 15.2 Å². The molecule has 0 fully saturated rings. The van der Waals surface area contributed by atoms with Crippen LogP contribution in [-0.4, -0.2) is 29.0 Å². The average molecular weight is 337 g/mol. The lowest BCUT2D eigenvalue weighted by Crippen LogP contribution is -2.42. The number of benzene rings is 1. The van der Waals surface area contributed by atoms with E-state index in [-0.39, 0.29) is 18.1 Å². The van der Waals surface area contributed by atoms with Crippen LogP contribution >= 0.6 is 0 Å². The van der Waals surface area contributed by atoms with Gasteiger partial charge in [-0.15, -0.1) is 0 Å². The summed E-state index contributed by atoms with van der Waals surface area (Å²) in [5.41, 5.74) is 4.68. The number of hydrogen-bond acceptors (Lipinski definition) is 2. The lowest BCUT2D eigenvalue weighted by Gasteiger charge is -2.27. The summed E-state index contributed by atoms with van der Waals surface area (Å²) < 4.78 is 0. The molecule has 5 heteroatoms. The van der Waals surface area contributed by atoms with Crippen molar-refractivity contribution in [3.05, 3.63) is 75.2 Å². The predicted octanol–water partition coefficient (Wildman–Crippen LogP) is 2.99. The molecule has 0 bridgehead atoms. The third kappa shape index (κ3) is 3.99. The maximum absolute atomic E-state index is 12.4. The molecule has 1 aromatic carbocycles. The summed E-state index contributed by atoms with van der Waals surface area (Å²) in [5.74, 6) is 0. The number of nitrogens with zero attached hydrogens (tertiary/aromatic N) is 1. The van der Waals surface area contributed by atoms with Gasteiger partial charge in [-0.3, -0.25) is 4.79 Å². The van der Waals surface area contributed by atoms with E-state index in [0.29, 0.717) is 18.7 Å². The van der Waals surface area contributed by atoms with Crippen molar-refractivity contribution >= 4 is 11.6 Å². The monoisotopic (exact) mass is 337 g/mol. The van der Waals surface area contributed by atoms with Crippen molar-refractivity contribution in [1.82, 2.24) is 15.2 Å². The molecular formula is C20H23N3O2. The number of pyridine rings is 1. The van der Waals surface area contributed by atoms with Crippen LogP contribution in [0.3, 0.4) is 0 Å². The number of carbonyl (C=O) groups excluding carboxylic acids is 1. The normalized spacial score (nSPS) is 14.2. The van der Waals surface area contributed by atoms with Crippen molar-refractivity contribution in [3.8, 4) is 0 Å². The van der Waals surface area contributed by atoms with Crippen molar-refractivity contribution in [1.29, 1.82) is 0 Å². The van der Waals surface area contributed by atoms with E-state index in [2.05, 4.69) is 28.5 Å². The van der Waals surface area contributed by atoms with Crippen molar-refractivity contribution < 1.29 is 4.79 Å². The molecule has 1 aromatic heterocycles.